The molecule has 4 nitrogen and oxygen atoms in total. The van der Waals surface area contributed by atoms with Gasteiger partial charge in [-0.15, -0.1) is 0 Å². The zero-order chi connectivity index (χ0) is 15.3. The van der Waals surface area contributed by atoms with Crippen molar-refractivity contribution in [3.63, 3.8) is 0 Å². The predicted octanol–water partition coefficient (Wildman–Crippen LogP) is 2.65. The number of hydrogen-bond acceptors (Lipinski definition) is 3. The van der Waals surface area contributed by atoms with Crippen LogP contribution in [0.15, 0.2) is 24.3 Å². The molecule has 1 aromatic carbocycles. The second kappa shape index (κ2) is 7.08. The van der Waals surface area contributed by atoms with Gasteiger partial charge in [-0.25, -0.2) is 0 Å². The van der Waals surface area contributed by atoms with Crippen LogP contribution in [-0.4, -0.2) is 36.5 Å². The summed E-state index contributed by atoms with van der Waals surface area (Å²) in [5, 5.41) is 0. The van der Waals surface area contributed by atoms with Crippen molar-refractivity contribution < 1.29 is 14.3 Å². The topological polar surface area (TPSA) is 46.6 Å². The molecule has 1 amide bonds. The first-order chi connectivity index (χ1) is 9.36. The lowest BCUT2D eigenvalue weighted by Gasteiger charge is -2.29. The molecule has 20 heavy (non-hydrogen) atoms. The van der Waals surface area contributed by atoms with Crippen molar-refractivity contribution in [3.8, 4) is 0 Å². The van der Waals surface area contributed by atoms with E-state index < -0.39 is 0 Å². The fourth-order valence-corrected chi connectivity index (χ4v) is 1.96. The van der Waals surface area contributed by atoms with E-state index in [0.717, 1.165) is 5.56 Å². The number of esters is 1. The number of methoxy groups -OCH3 is 1. The molecule has 0 saturated heterocycles. The highest BCUT2D eigenvalue weighted by molar-refractivity contribution is 5.94. The van der Waals surface area contributed by atoms with Crippen molar-refractivity contribution in [3.05, 3.63) is 35.4 Å². The third-order valence-corrected chi connectivity index (χ3v) is 3.26. The van der Waals surface area contributed by atoms with Gasteiger partial charge in [-0.2, -0.15) is 0 Å². The van der Waals surface area contributed by atoms with E-state index in [-0.39, 0.29) is 23.8 Å². The molecule has 0 radical (unpaired) electrons. The van der Waals surface area contributed by atoms with Crippen LogP contribution in [0.3, 0.4) is 0 Å². The Kier molecular flexibility index (Phi) is 5.74. The van der Waals surface area contributed by atoms with Gasteiger partial charge >= 0.3 is 5.97 Å². The van der Waals surface area contributed by atoms with E-state index in [0.29, 0.717) is 12.1 Å². The van der Waals surface area contributed by atoms with Gasteiger partial charge in [-0.1, -0.05) is 24.6 Å². The maximum absolute atomic E-state index is 12.5. The Labute approximate surface area is 120 Å². The normalized spacial score (nSPS) is 12.1. The summed E-state index contributed by atoms with van der Waals surface area (Å²) in [6.07, 6.45) is 0. The van der Waals surface area contributed by atoms with Crippen molar-refractivity contribution in [1.29, 1.82) is 0 Å². The number of hydrogen-bond donors (Lipinski definition) is 0. The number of carbonyl (C=O) groups excluding carboxylic acids is 2. The molecule has 1 unspecified atom stereocenters. The molecule has 1 aromatic rings. The minimum absolute atomic E-state index is 0.0240. The quantitative estimate of drug-likeness (QED) is 0.777. The van der Waals surface area contributed by atoms with E-state index in [1.54, 1.807) is 11.8 Å². The average Bonchev–Trinajstić information content (AvgIpc) is 2.43. The number of benzene rings is 1. The number of carbonyl (C=O) groups is 2. The van der Waals surface area contributed by atoms with Gasteiger partial charge in [-0.3, -0.25) is 9.59 Å². The Morgan fingerprint density at radius 2 is 1.70 bits per heavy atom. The summed E-state index contributed by atoms with van der Waals surface area (Å²) in [5.74, 6) is -0.695. The van der Waals surface area contributed by atoms with E-state index in [4.69, 9.17) is 4.74 Å². The maximum atomic E-state index is 12.5. The molecule has 0 fully saturated rings. The Morgan fingerprint density at radius 1 is 1.15 bits per heavy atom. The van der Waals surface area contributed by atoms with Crippen molar-refractivity contribution in [2.45, 2.75) is 33.7 Å². The minimum Gasteiger partial charge on any atom is -0.469 e. The van der Waals surface area contributed by atoms with Gasteiger partial charge in [0.1, 0.15) is 0 Å². The molecule has 0 heterocycles. The predicted molar refractivity (Wildman–Crippen MR) is 78.5 cm³/mol. The Balaban J connectivity index is 2.88. The lowest BCUT2D eigenvalue weighted by molar-refractivity contribution is -0.145. The molecule has 0 aliphatic rings. The van der Waals surface area contributed by atoms with Crippen molar-refractivity contribution in [1.82, 2.24) is 4.90 Å². The molecule has 110 valence electrons. The molecular weight excluding hydrogens is 254 g/mol. The summed E-state index contributed by atoms with van der Waals surface area (Å²) in [6.45, 7) is 7.99. The van der Waals surface area contributed by atoms with Gasteiger partial charge in [0, 0.05) is 18.2 Å². The summed E-state index contributed by atoms with van der Waals surface area (Å²) < 4.78 is 4.72. The van der Waals surface area contributed by atoms with Crippen LogP contribution in [0.5, 0.6) is 0 Å². The first kappa shape index (κ1) is 16.2. The van der Waals surface area contributed by atoms with Gasteiger partial charge in [0.25, 0.3) is 5.91 Å². The van der Waals surface area contributed by atoms with Gasteiger partial charge in [0.2, 0.25) is 0 Å². The molecule has 0 aliphatic heterocycles. The van der Waals surface area contributed by atoms with Crippen LogP contribution in [0.25, 0.3) is 0 Å². The van der Waals surface area contributed by atoms with Crippen molar-refractivity contribution >= 4 is 11.9 Å². The molecule has 1 rings (SSSR count). The number of rotatable bonds is 5. The number of aryl methyl sites for hydroxylation is 1. The van der Waals surface area contributed by atoms with E-state index in [9.17, 15) is 9.59 Å². The smallest absolute Gasteiger partial charge is 0.310 e. The zero-order valence-electron chi connectivity index (χ0n) is 12.8. The van der Waals surface area contributed by atoms with E-state index in [2.05, 4.69) is 0 Å². The monoisotopic (exact) mass is 277 g/mol. The highest BCUT2D eigenvalue weighted by Gasteiger charge is 2.24. The van der Waals surface area contributed by atoms with Gasteiger partial charge < -0.3 is 9.64 Å². The lowest BCUT2D eigenvalue weighted by atomic mass is 10.1. The third-order valence-electron chi connectivity index (χ3n) is 3.26. The molecule has 0 bridgehead atoms. The second-order valence-electron chi connectivity index (χ2n) is 5.34. The summed E-state index contributed by atoms with van der Waals surface area (Å²) in [4.78, 5) is 25.7. The molecule has 0 N–H and O–H groups in total. The van der Waals surface area contributed by atoms with Crippen LogP contribution in [0, 0.1) is 12.8 Å². The molecule has 0 aromatic heterocycles. The van der Waals surface area contributed by atoms with Gasteiger partial charge in [-0.05, 0) is 32.9 Å². The fourth-order valence-electron chi connectivity index (χ4n) is 1.96. The Morgan fingerprint density at radius 3 is 2.15 bits per heavy atom. The lowest BCUT2D eigenvalue weighted by Crippen LogP contribution is -2.41. The summed E-state index contributed by atoms with van der Waals surface area (Å²) >= 11 is 0. The van der Waals surface area contributed by atoms with Crippen LogP contribution in [0.4, 0.5) is 0 Å². The van der Waals surface area contributed by atoms with Gasteiger partial charge in [0.05, 0.1) is 13.0 Å². The highest BCUT2D eigenvalue weighted by Crippen LogP contribution is 2.13. The Bertz CT molecular complexity index is 465. The second-order valence-corrected chi connectivity index (χ2v) is 5.34. The molecular formula is C16H23NO3. The van der Waals surface area contributed by atoms with Crippen LogP contribution in [-0.2, 0) is 9.53 Å². The van der Waals surface area contributed by atoms with E-state index >= 15 is 0 Å². The van der Waals surface area contributed by atoms with E-state index in [1.807, 2.05) is 45.0 Å². The van der Waals surface area contributed by atoms with Crippen LogP contribution >= 0.6 is 0 Å². The molecule has 0 spiro atoms. The number of amides is 1. The summed E-state index contributed by atoms with van der Waals surface area (Å²) in [5.41, 5.74) is 1.75. The van der Waals surface area contributed by atoms with Gasteiger partial charge in [0.15, 0.2) is 0 Å². The van der Waals surface area contributed by atoms with Crippen LogP contribution in [0.1, 0.15) is 36.7 Å². The van der Waals surface area contributed by atoms with Crippen LogP contribution < -0.4 is 0 Å². The summed E-state index contributed by atoms with van der Waals surface area (Å²) in [6, 6.07) is 7.48. The average molecular weight is 277 g/mol. The van der Waals surface area contributed by atoms with Crippen LogP contribution in [0.2, 0.25) is 0 Å². The molecule has 0 saturated carbocycles. The number of nitrogens with zero attached hydrogens (tertiary/aromatic N) is 1. The van der Waals surface area contributed by atoms with E-state index in [1.165, 1.54) is 7.11 Å². The van der Waals surface area contributed by atoms with Crippen molar-refractivity contribution in [2.75, 3.05) is 13.7 Å². The molecule has 1 atom stereocenters. The molecule has 0 aliphatic carbocycles. The Hall–Kier alpha value is -1.84. The zero-order valence-corrected chi connectivity index (χ0v) is 12.8. The summed E-state index contributed by atoms with van der Waals surface area (Å²) in [7, 11) is 1.36. The largest absolute Gasteiger partial charge is 0.469 e. The first-order valence-corrected chi connectivity index (χ1v) is 6.82. The molecule has 4 heteroatoms. The maximum Gasteiger partial charge on any atom is 0.310 e. The first-order valence-electron chi connectivity index (χ1n) is 6.82. The SMILES string of the molecule is COC(=O)C(C)CN(C(=O)c1ccc(C)cc1)C(C)C. The fraction of sp³-hybridized carbons (Fsp3) is 0.500. The number of ether oxygens (including phenoxy) is 1. The minimum atomic E-state index is -0.336. The highest BCUT2D eigenvalue weighted by atomic mass is 16.5. The third kappa shape index (κ3) is 4.08. The standard InChI is InChI=1S/C16H23NO3/c1-11(2)17(10-13(4)16(19)20-5)15(18)14-8-6-12(3)7-9-14/h6-9,11,13H,10H2,1-5H3. The van der Waals surface area contributed by atoms with Crippen molar-refractivity contribution in [2.24, 2.45) is 5.92 Å².